The lowest BCUT2D eigenvalue weighted by atomic mass is 9.90. The Morgan fingerprint density at radius 1 is 1.17 bits per heavy atom. The summed E-state index contributed by atoms with van der Waals surface area (Å²) < 4.78 is 13.5. The Morgan fingerprint density at radius 3 is 2.83 bits per heavy atom. The number of nitrogens with zero attached hydrogens (tertiary/aromatic N) is 1. The van der Waals surface area contributed by atoms with Gasteiger partial charge in [0.05, 0.1) is 5.69 Å². The van der Waals surface area contributed by atoms with Gasteiger partial charge in [-0.05, 0) is 60.9 Å². The molecule has 29 heavy (non-hydrogen) atoms. The van der Waals surface area contributed by atoms with Crippen molar-refractivity contribution in [1.29, 1.82) is 0 Å². The molecule has 0 bridgehead atoms. The fraction of sp³-hybridized carbons (Fsp3) is 0.182. The van der Waals surface area contributed by atoms with Crippen LogP contribution in [0.4, 0.5) is 15.8 Å². The molecule has 0 saturated heterocycles. The molecule has 1 aromatic carbocycles. The summed E-state index contributed by atoms with van der Waals surface area (Å²) in [5.41, 5.74) is 10.8. The van der Waals surface area contributed by atoms with E-state index in [0.29, 0.717) is 16.3 Å². The molecule has 3 N–H and O–H groups in total. The SMILES string of the molecule is Nc1c(C(=O)Nc2cccc(F)c2)sc2nc3c(c(-c4cccs4)c12)CCCC3. The minimum atomic E-state index is -0.401. The van der Waals surface area contributed by atoms with E-state index in [-0.39, 0.29) is 5.91 Å². The molecule has 5 rings (SSSR count). The second-order valence-electron chi connectivity index (χ2n) is 7.09. The number of rotatable bonds is 3. The number of aryl methyl sites for hydroxylation is 1. The molecule has 1 aliphatic carbocycles. The fourth-order valence-electron chi connectivity index (χ4n) is 3.92. The van der Waals surface area contributed by atoms with Crippen molar-refractivity contribution in [3.8, 4) is 10.4 Å². The Bertz CT molecular complexity index is 1230. The van der Waals surface area contributed by atoms with Gasteiger partial charge in [0.15, 0.2) is 0 Å². The minimum Gasteiger partial charge on any atom is -0.397 e. The molecule has 0 unspecified atom stereocenters. The Kier molecular flexibility index (Phi) is 4.56. The van der Waals surface area contributed by atoms with Gasteiger partial charge >= 0.3 is 0 Å². The van der Waals surface area contributed by atoms with Crippen molar-refractivity contribution in [3.05, 3.63) is 63.7 Å². The van der Waals surface area contributed by atoms with E-state index in [0.717, 1.165) is 52.0 Å². The predicted octanol–water partition coefficient (Wildman–Crippen LogP) is 5.88. The number of benzene rings is 1. The summed E-state index contributed by atoms with van der Waals surface area (Å²) in [5, 5.41) is 5.67. The number of fused-ring (bicyclic) bond motifs is 2. The number of anilines is 2. The molecule has 146 valence electrons. The van der Waals surface area contributed by atoms with E-state index >= 15 is 0 Å². The Labute approximate surface area is 175 Å². The van der Waals surface area contributed by atoms with E-state index in [1.165, 1.54) is 29.0 Å². The van der Waals surface area contributed by atoms with Gasteiger partial charge in [-0.3, -0.25) is 4.79 Å². The summed E-state index contributed by atoms with van der Waals surface area (Å²) in [6, 6.07) is 9.96. The predicted molar refractivity (Wildman–Crippen MR) is 118 cm³/mol. The Balaban J connectivity index is 1.66. The van der Waals surface area contributed by atoms with Gasteiger partial charge in [0.2, 0.25) is 0 Å². The lowest BCUT2D eigenvalue weighted by Gasteiger charge is -2.19. The molecule has 0 atom stereocenters. The van der Waals surface area contributed by atoms with Crippen molar-refractivity contribution >= 4 is 50.2 Å². The molecule has 0 saturated carbocycles. The van der Waals surface area contributed by atoms with Gasteiger partial charge in [0.25, 0.3) is 5.91 Å². The maximum absolute atomic E-state index is 13.5. The number of hydrogen-bond donors (Lipinski definition) is 2. The smallest absolute Gasteiger partial charge is 0.267 e. The van der Waals surface area contributed by atoms with E-state index in [2.05, 4.69) is 16.8 Å². The van der Waals surface area contributed by atoms with E-state index < -0.39 is 5.82 Å². The molecule has 4 nitrogen and oxygen atoms in total. The molecule has 0 radical (unpaired) electrons. The van der Waals surface area contributed by atoms with Gasteiger partial charge in [-0.2, -0.15) is 0 Å². The summed E-state index contributed by atoms with van der Waals surface area (Å²) in [7, 11) is 0. The second kappa shape index (κ2) is 7.24. The Morgan fingerprint density at radius 2 is 2.03 bits per heavy atom. The first-order valence-electron chi connectivity index (χ1n) is 9.46. The summed E-state index contributed by atoms with van der Waals surface area (Å²) in [6.45, 7) is 0. The molecule has 0 spiro atoms. The summed E-state index contributed by atoms with van der Waals surface area (Å²) >= 11 is 2.98. The summed E-state index contributed by atoms with van der Waals surface area (Å²) in [5.74, 6) is -0.743. The highest BCUT2D eigenvalue weighted by Crippen LogP contribution is 2.45. The average Bonchev–Trinajstić information content (AvgIpc) is 3.35. The number of pyridine rings is 1. The summed E-state index contributed by atoms with van der Waals surface area (Å²) in [4.78, 5) is 20.1. The number of nitrogens with two attached hydrogens (primary N) is 1. The number of thiophene rings is 2. The molecular weight excluding hydrogens is 405 g/mol. The normalized spacial score (nSPS) is 13.4. The van der Waals surface area contributed by atoms with Crippen LogP contribution in [-0.2, 0) is 12.8 Å². The van der Waals surface area contributed by atoms with Gasteiger partial charge in [0, 0.05) is 27.2 Å². The maximum Gasteiger partial charge on any atom is 0.267 e. The summed E-state index contributed by atoms with van der Waals surface area (Å²) in [6.07, 6.45) is 4.19. The van der Waals surface area contributed by atoms with Crippen LogP contribution in [0.25, 0.3) is 20.7 Å². The van der Waals surface area contributed by atoms with E-state index in [1.54, 1.807) is 23.5 Å². The van der Waals surface area contributed by atoms with Crippen LogP contribution in [0.15, 0.2) is 41.8 Å². The molecule has 0 aliphatic heterocycles. The third-order valence-electron chi connectivity index (χ3n) is 5.21. The first-order chi connectivity index (χ1) is 14.1. The number of nitrogens with one attached hydrogen (secondary N) is 1. The topological polar surface area (TPSA) is 68.0 Å². The first kappa shape index (κ1) is 18.3. The van der Waals surface area contributed by atoms with Crippen LogP contribution in [0, 0.1) is 5.82 Å². The molecule has 3 heterocycles. The molecule has 0 fully saturated rings. The number of nitrogen functional groups attached to an aromatic ring is 1. The highest BCUT2D eigenvalue weighted by molar-refractivity contribution is 7.21. The van der Waals surface area contributed by atoms with Crippen LogP contribution in [0.3, 0.4) is 0 Å². The number of amides is 1. The molecule has 1 amide bonds. The molecule has 4 aromatic rings. The zero-order valence-corrected chi connectivity index (χ0v) is 17.1. The van der Waals surface area contributed by atoms with E-state index in [9.17, 15) is 9.18 Å². The van der Waals surface area contributed by atoms with E-state index in [4.69, 9.17) is 10.7 Å². The third-order valence-corrected chi connectivity index (χ3v) is 7.20. The molecule has 7 heteroatoms. The van der Waals surface area contributed by atoms with Crippen molar-refractivity contribution in [2.75, 3.05) is 11.1 Å². The van der Waals surface area contributed by atoms with Crippen molar-refractivity contribution in [2.24, 2.45) is 0 Å². The van der Waals surface area contributed by atoms with Crippen LogP contribution >= 0.6 is 22.7 Å². The average molecular weight is 424 g/mol. The highest BCUT2D eigenvalue weighted by atomic mass is 32.1. The van der Waals surface area contributed by atoms with E-state index in [1.807, 2.05) is 6.07 Å². The highest BCUT2D eigenvalue weighted by Gasteiger charge is 2.26. The number of halogens is 1. The van der Waals surface area contributed by atoms with Crippen LogP contribution in [0.5, 0.6) is 0 Å². The van der Waals surface area contributed by atoms with Crippen LogP contribution in [0.1, 0.15) is 33.8 Å². The van der Waals surface area contributed by atoms with Crippen molar-refractivity contribution in [3.63, 3.8) is 0 Å². The molecular formula is C22H18FN3OS2. The van der Waals surface area contributed by atoms with Crippen molar-refractivity contribution < 1.29 is 9.18 Å². The van der Waals surface area contributed by atoms with Gasteiger partial charge < -0.3 is 11.1 Å². The number of aromatic nitrogens is 1. The zero-order chi connectivity index (χ0) is 20.0. The zero-order valence-electron chi connectivity index (χ0n) is 15.5. The van der Waals surface area contributed by atoms with Gasteiger partial charge in [-0.15, -0.1) is 22.7 Å². The quantitative estimate of drug-likeness (QED) is 0.432. The maximum atomic E-state index is 13.5. The standard InChI is InChI=1S/C22H18FN3OS2/c23-12-5-3-6-13(11-12)25-21(27)20-19(24)18-17(16-9-4-10-28-16)14-7-1-2-8-15(14)26-22(18)29-20/h3-6,9-11H,1-2,7-8,24H2,(H,25,27). The van der Waals surface area contributed by atoms with Gasteiger partial charge in [0.1, 0.15) is 15.5 Å². The fourth-order valence-corrected chi connectivity index (χ4v) is 5.75. The number of hydrogen-bond acceptors (Lipinski definition) is 5. The minimum absolute atomic E-state index is 0.341. The van der Waals surface area contributed by atoms with Crippen LogP contribution in [0.2, 0.25) is 0 Å². The number of carbonyl (C=O) groups excluding carboxylic acids is 1. The van der Waals surface area contributed by atoms with Crippen molar-refractivity contribution in [2.45, 2.75) is 25.7 Å². The monoisotopic (exact) mass is 423 g/mol. The van der Waals surface area contributed by atoms with Crippen molar-refractivity contribution in [1.82, 2.24) is 4.98 Å². The van der Waals surface area contributed by atoms with Gasteiger partial charge in [-0.25, -0.2) is 9.37 Å². The van der Waals surface area contributed by atoms with Crippen LogP contribution in [-0.4, -0.2) is 10.9 Å². The number of carbonyl (C=O) groups is 1. The lowest BCUT2D eigenvalue weighted by molar-refractivity contribution is 0.103. The lowest BCUT2D eigenvalue weighted by Crippen LogP contribution is -2.12. The van der Waals surface area contributed by atoms with Crippen LogP contribution < -0.4 is 11.1 Å². The largest absolute Gasteiger partial charge is 0.397 e. The third kappa shape index (κ3) is 3.20. The molecule has 3 aromatic heterocycles. The second-order valence-corrected chi connectivity index (χ2v) is 9.03. The van der Waals surface area contributed by atoms with Gasteiger partial charge in [-0.1, -0.05) is 12.1 Å². The molecule has 1 aliphatic rings. The first-order valence-corrected chi connectivity index (χ1v) is 11.2. The Hall–Kier alpha value is -2.77.